The van der Waals surface area contributed by atoms with Crippen molar-refractivity contribution >= 4 is 5.91 Å². The third kappa shape index (κ3) is 2.36. The van der Waals surface area contributed by atoms with E-state index in [1.807, 2.05) is 0 Å². The van der Waals surface area contributed by atoms with Crippen LogP contribution in [0.4, 0.5) is 0 Å². The molecular weight excluding hydrogens is 200 g/mol. The molecule has 0 fully saturated rings. The summed E-state index contributed by atoms with van der Waals surface area (Å²) in [6.07, 6.45) is 3.15. The summed E-state index contributed by atoms with van der Waals surface area (Å²) in [7, 11) is 0. The molecule has 0 saturated carbocycles. The zero-order valence-electron chi connectivity index (χ0n) is 7.67. The van der Waals surface area contributed by atoms with E-state index in [1.165, 1.54) is 12.5 Å². The van der Waals surface area contributed by atoms with Crippen molar-refractivity contribution in [1.82, 2.24) is 30.9 Å². The lowest BCUT2D eigenvalue weighted by molar-refractivity contribution is 0.0948. The smallest absolute Gasteiger partial charge is 0.273 e. The second-order valence-corrected chi connectivity index (χ2v) is 2.70. The molecule has 0 bridgehead atoms. The summed E-state index contributed by atoms with van der Waals surface area (Å²) in [6, 6.07) is 0. The average Bonchev–Trinajstić information content (AvgIpc) is 2.90. The van der Waals surface area contributed by atoms with E-state index in [-0.39, 0.29) is 11.6 Å². The van der Waals surface area contributed by atoms with Crippen molar-refractivity contribution in [3.05, 3.63) is 24.1 Å². The maximum atomic E-state index is 11.3. The average molecular weight is 208 g/mol. The Morgan fingerprint density at radius 3 is 3.20 bits per heavy atom. The third-order valence-corrected chi connectivity index (χ3v) is 1.68. The molecule has 0 aliphatic heterocycles. The Labute approximate surface area is 84.1 Å². The highest BCUT2D eigenvalue weighted by Crippen LogP contribution is 1.92. The molecule has 0 unspecified atom stereocenters. The lowest BCUT2D eigenvalue weighted by atomic mass is 10.4. The molecule has 0 radical (unpaired) electrons. The number of amides is 1. The summed E-state index contributed by atoms with van der Waals surface area (Å²) >= 11 is 0. The predicted octanol–water partition coefficient (Wildman–Crippen LogP) is -0.840. The first-order chi connectivity index (χ1) is 7.36. The van der Waals surface area contributed by atoms with Crippen molar-refractivity contribution in [2.45, 2.75) is 6.42 Å². The van der Waals surface area contributed by atoms with E-state index in [1.54, 1.807) is 0 Å². The van der Waals surface area contributed by atoms with Gasteiger partial charge in [0.05, 0.1) is 6.20 Å². The highest BCUT2D eigenvalue weighted by molar-refractivity contribution is 5.91. The number of rotatable bonds is 4. The van der Waals surface area contributed by atoms with Crippen molar-refractivity contribution in [2.75, 3.05) is 6.54 Å². The van der Waals surface area contributed by atoms with E-state index in [4.69, 9.17) is 4.52 Å². The monoisotopic (exact) mass is 208 g/mol. The fourth-order valence-corrected chi connectivity index (χ4v) is 0.991. The molecule has 1 amide bonds. The van der Waals surface area contributed by atoms with E-state index < -0.39 is 0 Å². The maximum absolute atomic E-state index is 11.3. The predicted molar refractivity (Wildman–Crippen MR) is 46.7 cm³/mol. The van der Waals surface area contributed by atoms with Crippen molar-refractivity contribution in [2.24, 2.45) is 0 Å². The highest BCUT2D eigenvalue weighted by Gasteiger charge is 2.07. The lowest BCUT2D eigenvalue weighted by Crippen LogP contribution is -2.26. The molecular formula is C7H8N6O2. The van der Waals surface area contributed by atoms with Crippen LogP contribution in [0.3, 0.4) is 0 Å². The van der Waals surface area contributed by atoms with Gasteiger partial charge in [0.1, 0.15) is 0 Å². The Balaban J connectivity index is 1.77. The van der Waals surface area contributed by atoms with Gasteiger partial charge < -0.3 is 9.84 Å². The Bertz CT molecular complexity index is 409. The number of H-pyrrole nitrogens is 1. The molecule has 0 aromatic carbocycles. The van der Waals surface area contributed by atoms with Gasteiger partial charge in [-0.2, -0.15) is 20.4 Å². The summed E-state index contributed by atoms with van der Waals surface area (Å²) in [5.41, 5.74) is 0.250. The van der Waals surface area contributed by atoms with Gasteiger partial charge in [-0.3, -0.25) is 4.79 Å². The summed E-state index contributed by atoms with van der Waals surface area (Å²) in [4.78, 5) is 15.1. The van der Waals surface area contributed by atoms with Crippen LogP contribution in [0, 0.1) is 0 Å². The molecule has 8 heteroatoms. The fraction of sp³-hybridized carbons (Fsp3) is 0.286. The molecule has 2 heterocycles. The Hall–Kier alpha value is -2.25. The Morgan fingerprint density at radius 2 is 2.53 bits per heavy atom. The number of aromatic nitrogens is 5. The topological polar surface area (TPSA) is 110 Å². The van der Waals surface area contributed by atoms with Gasteiger partial charge in [0.15, 0.2) is 12.0 Å². The SMILES string of the molecule is O=C(NCCc1ncno1)c1cn[nH]n1. The largest absolute Gasteiger partial charge is 0.350 e. The summed E-state index contributed by atoms with van der Waals surface area (Å²) < 4.78 is 4.76. The summed E-state index contributed by atoms with van der Waals surface area (Å²) in [5, 5.41) is 15.6. The molecule has 0 atom stereocenters. The molecule has 78 valence electrons. The minimum atomic E-state index is -0.289. The molecule has 2 aromatic heterocycles. The molecule has 2 rings (SSSR count). The van der Waals surface area contributed by atoms with Crippen LogP contribution in [0.2, 0.25) is 0 Å². The van der Waals surface area contributed by atoms with Crippen molar-refractivity contribution in [3.63, 3.8) is 0 Å². The molecule has 0 aliphatic carbocycles. The Kier molecular flexibility index (Phi) is 2.68. The lowest BCUT2D eigenvalue weighted by Gasteiger charge is -1.98. The first-order valence-electron chi connectivity index (χ1n) is 4.26. The van der Waals surface area contributed by atoms with Crippen LogP contribution in [-0.4, -0.2) is 38.0 Å². The second kappa shape index (κ2) is 4.31. The van der Waals surface area contributed by atoms with Crippen LogP contribution in [-0.2, 0) is 6.42 Å². The van der Waals surface area contributed by atoms with E-state index >= 15 is 0 Å². The summed E-state index contributed by atoms with van der Waals surface area (Å²) in [5.74, 6) is 0.193. The van der Waals surface area contributed by atoms with Gasteiger partial charge in [0.25, 0.3) is 5.91 Å². The van der Waals surface area contributed by atoms with Gasteiger partial charge in [0, 0.05) is 13.0 Å². The quantitative estimate of drug-likeness (QED) is 0.677. The number of hydrogen-bond acceptors (Lipinski definition) is 6. The van der Waals surface area contributed by atoms with Gasteiger partial charge >= 0.3 is 0 Å². The number of carbonyl (C=O) groups is 1. The minimum Gasteiger partial charge on any atom is -0.350 e. The minimum absolute atomic E-state index is 0.250. The number of nitrogens with zero attached hydrogens (tertiary/aromatic N) is 4. The summed E-state index contributed by atoms with van der Waals surface area (Å²) in [6.45, 7) is 0.411. The number of nitrogens with one attached hydrogen (secondary N) is 2. The normalized spacial score (nSPS) is 10.1. The van der Waals surface area contributed by atoms with E-state index in [0.29, 0.717) is 18.9 Å². The fourth-order valence-electron chi connectivity index (χ4n) is 0.991. The first kappa shape index (κ1) is 9.31. The highest BCUT2D eigenvalue weighted by atomic mass is 16.5. The Morgan fingerprint density at radius 1 is 1.60 bits per heavy atom. The van der Waals surface area contributed by atoms with E-state index in [9.17, 15) is 4.79 Å². The molecule has 2 N–H and O–H groups in total. The van der Waals surface area contributed by atoms with Crippen LogP contribution < -0.4 is 5.32 Å². The second-order valence-electron chi connectivity index (χ2n) is 2.70. The zero-order valence-corrected chi connectivity index (χ0v) is 7.67. The van der Waals surface area contributed by atoms with Crippen molar-refractivity contribution in [3.8, 4) is 0 Å². The van der Waals surface area contributed by atoms with Crippen molar-refractivity contribution < 1.29 is 9.32 Å². The number of carbonyl (C=O) groups excluding carboxylic acids is 1. The van der Waals surface area contributed by atoms with Gasteiger partial charge in [-0.25, -0.2) is 0 Å². The number of aromatic amines is 1. The maximum Gasteiger partial charge on any atom is 0.273 e. The van der Waals surface area contributed by atoms with Crippen LogP contribution >= 0.6 is 0 Å². The third-order valence-electron chi connectivity index (χ3n) is 1.68. The molecule has 0 spiro atoms. The molecule has 0 aliphatic rings. The van der Waals surface area contributed by atoms with Crippen LogP contribution in [0.1, 0.15) is 16.4 Å². The zero-order chi connectivity index (χ0) is 10.5. The van der Waals surface area contributed by atoms with Crippen molar-refractivity contribution in [1.29, 1.82) is 0 Å². The molecule has 8 nitrogen and oxygen atoms in total. The molecule has 15 heavy (non-hydrogen) atoms. The van der Waals surface area contributed by atoms with Gasteiger partial charge in [-0.05, 0) is 0 Å². The van der Waals surface area contributed by atoms with Gasteiger partial charge in [0.2, 0.25) is 5.89 Å². The van der Waals surface area contributed by atoms with Gasteiger partial charge in [-0.1, -0.05) is 5.16 Å². The first-order valence-corrected chi connectivity index (χ1v) is 4.26. The van der Waals surface area contributed by atoms with E-state index in [0.717, 1.165) is 0 Å². The van der Waals surface area contributed by atoms with Crippen LogP contribution in [0.15, 0.2) is 17.0 Å². The van der Waals surface area contributed by atoms with Crippen LogP contribution in [0.5, 0.6) is 0 Å². The standard InChI is InChI=1S/C7H8N6O2/c14-7(5-3-10-13-12-5)8-2-1-6-9-4-11-15-6/h3-4H,1-2H2,(H,8,14)(H,10,12,13). The molecule has 2 aromatic rings. The van der Waals surface area contributed by atoms with Gasteiger partial charge in [-0.15, -0.1) is 0 Å². The van der Waals surface area contributed by atoms with Crippen LogP contribution in [0.25, 0.3) is 0 Å². The number of hydrogen-bond donors (Lipinski definition) is 2. The van der Waals surface area contributed by atoms with E-state index in [2.05, 4.69) is 30.9 Å². The molecule has 0 saturated heterocycles.